The van der Waals surface area contributed by atoms with Gasteiger partial charge in [0.1, 0.15) is 0 Å². The summed E-state index contributed by atoms with van der Waals surface area (Å²) < 4.78 is 0. The molecule has 0 spiro atoms. The molecule has 1 aromatic heterocycles. The maximum atomic E-state index is 6.07. The Morgan fingerprint density at radius 1 is 1.39 bits per heavy atom. The summed E-state index contributed by atoms with van der Waals surface area (Å²) in [5, 5.41) is 11.6. The van der Waals surface area contributed by atoms with Crippen molar-refractivity contribution >= 4 is 22.3 Å². The van der Waals surface area contributed by atoms with Crippen LogP contribution >= 0.6 is 0 Å². The fourth-order valence-electron chi connectivity index (χ4n) is 2.88. The highest BCUT2D eigenvalue weighted by atomic mass is 15.1. The lowest BCUT2D eigenvalue weighted by Gasteiger charge is -2.24. The Hall–Kier alpha value is -1.71. The largest absolute Gasteiger partial charge is 0.397 e. The molecule has 3 rings (SSSR count). The van der Waals surface area contributed by atoms with E-state index in [2.05, 4.69) is 28.5 Å². The second-order valence-corrected chi connectivity index (χ2v) is 5.77. The summed E-state index contributed by atoms with van der Waals surface area (Å²) in [7, 11) is 0. The second-order valence-electron chi connectivity index (χ2n) is 5.77. The van der Waals surface area contributed by atoms with E-state index in [1.807, 2.05) is 6.07 Å². The highest BCUT2D eigenvalue weighted by Gasteiger charge is 2.28. The van der Waals surface area contributed by atoms with Crippen LogP contribution in [0.5, 0.6) is 0 Å². The van der Waals surface area contributed by atoms with Gasteiger partial charge in [0.05, 0.1) is 23.1 Å². The number of nitrogens with one attached hydrogen (secondary N) is 2. The van der Waals surface area contributed by atoms with Crippen molar-refractivity contribution in [2.75, 3.05) is 17.6 Å². The number of nitrogens with zero attached hydrogens (tertiary/aromatic N) is 1. The number of benzene rings is 1. The van der Waals surface area contributed by atoms with E-state index in [9.17, 15) is 0 Å². The van der Waals surface area contributed by atoms with Gasteiger partial charge in [-0.05, 0) is 30.4 Å². The summed E-state index contributed by atoms with van der Waals surface area (Å²) in [4.78, 5) is 0. The molecule has 4 heteroatoms. The Balaban J connectivity index is 1.79. The minimum atomic E-state index is 0.426. The van der Waals surface area contributed by atoms with Crippen molar-refractivity contribution in [2.45, 2.75) is 32.6 Å². The van der Waals surface area contributed by atoms with Gasteiger partial charge in [0, 0.05) is 11.9 Å². The number of nitrogen functional groups attached to an aromatic ring is 1. The summed E-state index contributed by atoms with van der Waals surface area (Å²) in [5.74, 6) is 0. The first-order chi connectivity index (χ1) is 8.66. The van der Waals surface area contributed by atoms with Crippen LogP contribution in [-0.4, -0.2) is 16.7 Å². The van der Waals surface area contributed by atoms with Crippen molar-refractivity contribution in [3.05, 3.63) is 18.3 Å². The van der Waals surface area contributed by atoms with Gasteiger partial charge in [-0.1, -0.05) is 19.8 Å². The number of H-pyrrole nitrogens is 1. The lowest BCUT2D eigenvalue weighted by molar-refractivity contribution is 0.362. The minimum absolute atomic E-state index is 0.426. The molecule has 0 unspecified atom stereocenters. The molecule has 1 aromatic carbocycles. The Morgan fingerprint density at radius 2 is 2.17 bits per heavy atom. The van der Waals surface area contributed by atoms with Crippen molar-refractivity contribution in [1.82, 2.24) is 10.2 Å². The first-order valence-corrected chi connectivity index (χ1v) is 6.63. The third-order valence-electron chi connectivity index (χ3n) is 4.13. The molecule has 0 aliphatic heterocycles. The molecule has 0 bridgehead atoms. The van der Waals surface area contributed by atoms with Crippen LogP contribution in [0, 0.1) is 5.41 Å². The number of hydrogen-bond acceptors (Lipinski definition) is 3. The quantitative estimate of drug-likeness (QED) is 0.727. The molecular formula is C14H20N4. The predicted octanol–water partition coefficient (Wildman–Crippen LogP) is 3.14. The van der Waals surface area contributed by atoms with Crippen LogP contribution < -0.4 is 11.1 Å². The number of hydrogen-bond donors (Lipinski definition) is 3. The van der Waals surface area contributed by atoms with Crippen molar-refractivity contribution in [3.63, 3.8) is 0 Å². The van der Waals surface area contributed by atoms with Gasteiger partial charge >= 0.3 is 0 Å². The number of aromatic amines is 1. The SMILES string of the molecule is CC1(CNc2cc3[nH]ncc3cc2N)CCCC1. The highest BCUT2D eigenvalue weighted by molar-refractivity contribution is 5.88. The summed E-state index contributed by atoms with van der Waals surface area (Å²) in [6.07, 6.45) is 7.13. The lowest BCUT2D eigenvalue weighted by Crippen LogP contribution is -2.23. The molecule has 0 atom stereocenters. The number of rotatable bonds is 3. The van der Waals surface area contributed by atoms with Gasteiger partial charge in [-0.3, -0.25) is 5.10 Å². The van der Waals surface area contributed by atoms with E-state index in [-0.39, 0.29) is 0 Å². The van der Waals surface area contributed by atoms with E-state index in [4.69, 9.17) is 5.73 Å². The number of anilines is 2. The molecule has 1 aliphatic carbocycles. The van der Waals surface area contributed by atoms with Gasteiger partial charge in [-0.2, -0.15) is 5.10 Å². The molecular weight excluding hydrogens is 224 g/mol. The second kappa shape index (κ2) is 4.19. The third kappa shape index (κ3) is 2.03. The van der Waals surface area contributed by atoms with Gasteiger partial charge in [0.15, 0.2) is 0 Å². The number of nitrogens with two attached hydrogens (primary N) is 1. The first-order valence-electron chi connectivity index (χ1n) is 6.63. The molecule has 0 saturated heterocycles. The van der Waals surface area contributed by atoms with Crippen molar-refractivity contribution in [2.24, 2.45) is 5.41 Å². The zero-order valence-electron chi connectivity index (χ0n) is 10.8. The van der Waals surface area contributed by atoms with Crippen molar-refractivity contribution in [1.29, 1.82) is 0 Å². The summed E-state index contributed by atoms with van der Waals surface area (Å²) >= 11 is 0. The van der Waals surface area contributed by atoms with Crippen LogP contribution in [0.25, 0.3) is 10.9 Å². The highest BCUT2D eigenvalue weighted by Crippen LogP contribution is 2.38. The van der Waals surface area contributed by atoms with Gasteiger partial charge < -0.3 is 11.1 Å². The van der Waals surface area contributed by atoms with E-state index in [1.165, 1.54) is 25.7 Å². The number of aromatic nitrogens is 2. The van der Waals surface area contributed by atoms with Crippen LogP contribution in [0.4, 0.5) is 11.4 Å². The average molecular weight is 244 g/mol. The molecule has 1 saturated carbocycles. The van der Waals surface area contributed by atoms with Crippen LogP contribution in [0.1, 0.15) is 32.6 Å². The van der Waals surface area contributed by atoms with Gasteiger partial charge in [-0.25, -0.2) is 0 Å². The first kappa shape index (κ1) is 11.4. The van der Waals surface area contributed by atoms with E-state index >= 15 is 0 Å². The standard InChI is InChI=1S/C14H20N4/c1-14(4-2-3-5-14)9-16-13-7-12-10(6-11(13)15)8-17-18-12/h6-8,16H,2-5,9,15H2,1H3,(H,17,18). The molecule has 0 radical (unpaired) electrons. The molecule has 1 fully saturated rings. The van der Waals surface area contributed by atoms with Crippen LogP contribution in [0.3, 0.4) is 0 Å². The van der Waals surface area contributed by atoms with Gasteiger partial charge in [0.2, 0.25) is 0 Å². The van der Waals surface area contributed by atoms with Crippen LogP contribution in [0.15, 0.2) is 18.3 Å². The monoisotopic (exact) mass is 244 g/mol. The average Bonchev–Trinajstić information content (AvgIpc) is 2.95. The lowest BCUT2D eigenvalue weighted by atomic mass is 9.89. The van der Waals surface area contributed by atoms with E-state index in [0.29, 0.717) is 5.41 Å². The van der Waals surface area contributed by atoms with E-state index in [1.54, 1.807) is 6.20 Å². The molecule has 1 heterocycles. The summed E-state index contributed by atoms with van der Waals surface area (Å²) in [6, 6.07) is 4.02. The van der Waals surface area contributed by atoms with Crippen molar-refractivity contribution in [3.8, 4) is 0 Å². The predicted molar refractivity (Wildman–Crippen MR) is 75.6 cm³/mol. The smallest absolute Gasteiger partial charge is 0.0672 e. The van der Waals surface area contributed by atoms with Crippen molar-refractivity contribution < 1.29 is 0 Å². The molecule has 1 aliphatic rings. The Labute approximate surface area is 107 Å². The molecule has 4 N–H and O–H groups in total. The summed E-state index contributed by atoms with van der Waals surface area (Å²) in [5.41, 5.74) is 9.34. The molecule has 96 valence electrons. The summed E-state index contributed by atoms with van der Waals surface area (Å²) in [6.45, 7) is 3.36. The number of fused-ring (bicyclic) bond motifs is 1. The van der Waals surface area contributed by atoms with Gasteiger partial charge in [-0.15, -0.1) is 0 Å². The van der Waals surface area contributed by atoms with Crippen LogP contribution in [0.2, 0.25) is 0 Å². The Morgan fingerprint density at radius 3 is 2.94 bits per heavy atom. The Bertz CT molecular complexity index is 552. The van der Waals surface area contributed by atoms with Crippen LogP contribution in [-0.2, 0) is 0 Å². The topological polar surface area (TPSA) is 66.7 Å². The van der Waals surface area contributed by atoms with E-state index < -0.39 is 0 Å². The third-order valence-corrected chi connectivity index (χ3v) is 4.13. The molecule has 2 aromatic rings. The maximum absolute atomic E-state index is 6.07. The normalized spacial score (nSPS) is 18.3. The maximum Gasteiger partial charge on any atom is 0.0672 e. The fraction of sp³-hybridized carbons (Fsp3) is 0.500. The zero-order valence-corrected chi connectivity index (χ0v) is 10.8. The Kier molecular flexibility index (Phi) is 2.65. The zero-order chi connectivity index (χ0) is 12.6. The minimum Gasteiger partial charge on any atom is -0.397 e. The van der Waals surface area contributed by atoms with Gasteiger partial charge in [0.25, 0.3) is 0 Å². The molecule has 4 nitrogen and oxygen atoms in total. The fourth-order valence-corrected chi connectivity index (χ4v) is 2.88. The van der Waals surface area contributed by atoms with E-state index in [0.717, 1.165) is 28.8 Å². The molecule has 18 heavy (non-hydrogen) atoms. The molecule has 0 amide bonds.